The number of sulfonamides is 1. The van der Waals surface area contributed by atoms with Gasteiger partial charge < -0.3 is 21.3 Å². The van der Waals surface area contributed by atoms with Crippen molar-refractivity contribution in [3.63, 3.8) is 0 Å². The number of carbonyl (C=O) groups is 2. The number of rotatable bonds is 9. The summed E-state index contributed by atoms with van der Waals surface area (Å²) in [5, 5.41) is 14.5. The van der Waals surface area contributed by atoms with Crippen molar-refractivity contribution in [3.8, 4) is 11.1 Å². The van der Waals surface area contributed by atoms with Gasteiger partial charge in [0.2, 0.25) is 15.9 Å². The molecule has 240 valence electrons. The van der Waals surface area contributed by atoms with Crippen LogP contribution in [0.15, 0.2) is 71.6 Å². The fourth-order valence-electron chi connectivity index (χ4n) is 5.12. The molecule has 1 heterocycles. The quantitative estimate of drug-likeness (QED) is 0.161. The molecule has 0 saturated carbocycles. The fraction of sp³-hybridized carbons (Fsp3) is 0.344. The molecule has 1 aliphatic rings. The number of hydrogen-bond donors (Lipinski definition) is 5. The Hall–Kier alpha value is -3.64. The lowest BCUT2D eigenvalue weighted by Gasteiger charge is -2.35. The number of amides is 3. The zero-order valence-electron chi connectivity index (χ0n) is 25.4. The number of halogens is 2. The number of amidine groups is 1. The molecule has 10 nitrogen and oxygen atoms in total. The maximum Gasteiger partial charge on any atom is 0.315 e. The summed E-state index contributed by atoms with van der Waals surface area (Å²) in [5.41, 5.74) is 7.58. The highest BCUT2D eigenvalue weighted by Crippen LogP contribution is 2.31. The maximum absolute atomic E-state index is 13.9. The average molecular weight is 674 g/mol. The van der Waals surface area contributed by atoms with Gasteiger partial charge in [0, 0.05) is 45.8 Å². The first-order chi connectivity index (χ1) is 21.1. The normalized spacial score (nSPS) is 14.9. The third kappa shape index (κ3) is 9.43. The number of hydrogen-bond acceptors (Lipinski definition) is 5. The highest BCUT2D eigenvalue weighted by Gasteiger charge is 2.32. The minimum absolute atomic E-state index is 0.0333. The maximum atomic E-state index is 13.9. The van der Waals surface area contributed by atoms with Gasteiger partial charge in [-0.2, -0.15) is 4.72 Å². The van der Waals surface area contributed by atoms with Crippen LogP contribution in [0.5, 0.6) is 0 Å². The molecule has 0 unspecified atom stereocenters. The van der Waals surface area contributed by atoms with Gasteiger partial charge in [-0.05, 0) is 81.5 Å². The predicted molar refractivity (Wildman–Crippen MR) is 178 cm³/mol. The topological polar surface area (TPSA) is 157 Å². The second kappa shape index (κ2) is 14.2. The summed E-state index contributed by atoms with van der Waals surface area (Å²) >= 11 is 12.4. The number of nitrogens with two attached hydrogens (primary N) is 1. The first-order valence-corrected chi connectivity index (χ1v) is 16.7. The molecule has 0 aliphatic carbocycles. The van der Waals surface area contributed by atoms with E-state index in [1.54, 1.807) is 59.5 Å². The lowest BCUT2D eigenvalue weighted by Crippen LogP contribution is -2.55. The van der Waals surface area contributed by atoms with Crippen molar-refractivity contribution in [2.45, 2.75) is 62.6 Å². The second-order valence-corrected chi connectivity index (χ2v) is 14.6. The number of nitrogens with zero attached hydrogens (tertiary/aromatic N) is 1. The molecule has 3 aromatic carbocycles. The molecule has 3 amide bonds. The van der Waals surface area contributed by atoms with E-state index in [2.05, 4.69) is 15.4 Å². The van der Waals surface area contributed by atoms with Gasteiger partial charge in [0.05, 0.1) is 4.90 Å². The van der Waals surface area contributed by atoms with Gasteiger partial charge in [-0.1, -0.05) is 59.6 Å². The zero-order chi connectivity index (χ0) is 32.9. The van der Waals surface area contributed by atoms with Gasteiger partial charge >= 0.3 is 6.03 Å². The lowest BCUT2D eigenvalue weighted by molar-refractivity contribution is -0.134. The smallest absolute Gasteiger partial charge is 0.315 e. The van der Waals surface area contributed by atoms with E-state index in [1.807, 2.05) is 20.8 Å². The minimum atomic E-state index is -4.18. The molecule has 1 saturated heterocycles. The Morgan fingerprint density at radius 3 is 2.36 bits per heavy atom. The van der Waals surface area contributed by atoms with Gasteiger partial charge in [0.15, 0.2) is 0 Å². The Kier molecular flexibility index (Phi) is 10.8. The Morgan fingerprint density at radius 2 is 1.71 bits per heavy atom. The van der Waals surface area contributed by atoms with Crippen LogP contribution in [0.4, 0.5) is 4.79 Å². The van der Waals surface area contributed by atoms with E-state index < -0.39 is 16.1 Å². The molecule has 45 heavy (non-hydrogen) atoms. The number of benzene rings is 3. The number of carbonyl (C=O) groups excluding carboxylic acids is 2. The van der Waals surface area contributed by atoms with Crippen molar-refractivity contribution in [3.05, 3.63) is 87.9 Å². The van der Waals surface area contributed by atoms with Crippen LogP contribution < -0.4 is 21.1 Å². The van der Waals surface area contributed by atoms with E-state index in [-0.39, 0.29) is 40.7 Å². The van der Waals surface area contributed by atoms with Gasteiger partial charge in [0.1, 0.15) is 11.9 Å². The van der Waals surface area contributed by atoms with Crippen molar-refractivity contribution in [1.82, 2.24) is 20.3 Å². The van der Waals surface area contributed by atoms with E-state index >= 15 is 0 Å². The molecule has 1 atom stereocenters. The SMILES string of the molecule is CC(C)(C)NC(=O)NC1CCN(C(=O)[C@H](Cc2cccc(C(=N)N)c2)NS(=O)(=O)c2cccc(-c3ccc(Cl)cc3Cl)c2)CC1. The molecule has 1 aliphatic heterocycles. The van der Waals surface area contributed by atoms with E-state index in [4.69, 9.17) is 34.3 Å². The highest BCUT2D eigenvalue weighted by atomic mass is 35.5. The zero-order valence-corrected chi connectivity index (χ0v) is 27.7. The second-order valence-electron chi connectivity index (χ2n) is 12.1. The van der Waals surface area contributed by atoms with Gasteiger partial charge in [-0.25, -0.2) is 13.2 Å². The summed E-state index contributed by atoms with van der Waals surface area (Å²) < 4.78 is 30.2. The number of nitrogen functional groups attached to an aromatic ring is 1. The number of urea groups is 1. The monoisotopic (exact) mass is 672 g/mol. The van der Waals surface area contributed by atoms with Crippen LogP contribution in [0.2, 0.25) is 10.0 Å². The summed E-state index contributed by atoms with van der Waals surface area (Å²) in [5.74, 6) is -0.524. The summed E-state index contributed by atoms with van der Waals surface area (Å²) in [6.45, 7) is 6.36. The molecular formula is C32H38Cl2N6O4S. The molecular weight excluding hydrogens is 635 g/mol. The van der Waals surface area contributed by atoms with E-state index in [1.165, 1.54) is 12.1 Å². The Bertz CT molecular complexity index is 1680. The number of piperidine rings is 1. The third-order valence-corrected chi connectivity index (χ3v) is 9.31. The highest BCUT2D eigenvalue weighted by molar-refractivity contribution is 7.89. The van der Waals surface area contributed by atoms with Crippen LogP contribution >= 0.6 is 23.2 Å². The molecule has 13 heteroatoms. The fourth-order valence-corrected chi connectivity index (χ4v) is 6.87. The minimum Gasteiger partial charge on any atom is -0.384 e. The van der Waals surface area contributed by atoms with Crippen LogP contribution in [0.25, 0.3) is 11.1 Å². The molecule has 1 fully saturated rings. The number of nitrogens with one attached hydrogen (secondary N) is 4. The van der Waals surface area contributed by atoms with Gasteiger partial charge in [0.25, 0.3) is 0 Å². The molecule has 0 aromatic heterocycles. The lowest BCUT2D eigenvalue weighted by atomic mass is 10.0. The van der Waals surface area contributed by atoms with Crippen LogP contribution in [0.1, 0.15) is 44.7 Å². The van der Waals surface area contributed by atoms with Gasteiger partial charge in [-0.15, -0.1) is 0 Å². The van der Waals surface area contributed by atoms with Gasteiger partial charge in [-0.3, -0.25) is 10.2 Å². The van der Waals surface area contributed by atoms with E-state index in [0.29, 0.717) is 58.2 Å². The van der Waals surface area contributed by atoms with Crippen molar-refractivity contribution in [2.75, 3.05) is 13.1 Å². The number of likely N-dealkylation sites (tertiary alicyclic amines) is 1. The predicted octanol–water partition coefficient (Wildman–Crippen LogP) is 4.92. The summed E-state index contributed by atoms with van der Waals surface area (Å²) in [4.78, 5) is 27.8. The summed E-state index contributed by atoms with van der Waals surface area (Å²) in [7, 11) is -4.18. The van der Waals surface area contributed by atoms with E-state index in [9.17, 15) is 18.0 Å². The molecule has 3 aromatic rings. The standard InChI is InChI=1S/C32H38Cl2N6O4S/c1-32(2,3)38-31(42)37-24-12-14-40(15-13-24)30(41)28(17-20-6-4-8-22(16-20)29(35)36)39-45(43,44)25-9-5-7-21(18-25)26-11-10-23(33)19-27(26)34/h4-11,16,18-19,24,28,39H,12-15,17H2,1-3H3,(H3,35,36)(H2,37,38,42)/t28-/m0/s1. The van der Waals surface area contributed by atoms with Crippen LogP contribution in [0.3, 0.4) is 0 Å². The van der Waals surface area contributed by atoms with Crippen LogP contribution in [0, 0.1) is 5.41 Å². The third-order valence-electron chi connectivity index (χ3n) is 7.29. The Labute approximate surface area is 274 Å². The molecule has 0 bridgehead atoms. The molecule has 0 spiro atoms. The molecule has 0 radical (unpaired) electrons. The van der Waals surface area contributed by atoms with Crippen molar-refractivity contribution >= 4 is 51.0 Å². The van der Waals surface area contributed by atoms with Crippen molar-refractivity contribution < 1.29 is 18.0 Å². The Balaban J connectivity index is 1.56. The van der Waals surface area contributed by atoms with Crippen molar-refractivity contribution in [1.29, 1.82) is 5.41 Å². The average Bonchev–Trinajstić information content (AvgIpc) is 2.96. The first-order valence-electron chi connectivity index (χ1n) is 14.5. The largest absolute Gasteiger partial charge is 0.384 e. The first kappa shape index (κ1) is 34.2. The summed E-state index contributed by atoms with van der Waals surface area (Å²) in [6.07, 6.45) is 1.08. The van der Waals surface area contributed by atoms with Crippen molar-refractivity contribution in [2.24, 2.45) is 5.73 Å². The van der Waals surface area contributed by atoms with Crippen LogP contribution in [-0.4, -0.2) is 61.8 Å². The van der Waals surface area contributed by atoms with E-state index in [0.717, 1.165) is 0 Å². The summed E-state index contributed by atoms with van der Waals surface area (Å²) in [6, 6.07) is 16.5. The molecule has 6 N–H and O–H groups in total. The Morgan fingerprint density at radius 1 is 1.02 bits per heavy atom. The molecule has 4 rings (SSSR count). The van der Waals surface area contributed by atoms with Crippen LogP contribution in [-0.2, 0) is 21.2 Å².